The number of rotatable bonds is 6. The van der Waals surface area contributed by atoms with Gasteiger partial charge < -0.3 is 14.8 Å². The van der Waals surface area contributed by atoms with Crippen molar-refractivity contribution in [1.29, 1.82) is 0 Å². The summed E-state index contributed by atoms with van der Waals surface area (Å²) >= 11 is 12.3. The summed E-state index contributed by atoms with van der Waals surface area (Å²) < 4.78 is 10.7. The minimum atomic E-state index is -0.639. The molecule has 2 aromatic carbocycles. The van der Waals surface area contributed by atoms with Gasteiger partial charge in [-0.05, 0) is 49.7 Å². The van der Waals surface area contributed by atoms with E-state index in [1.807, 2.05) is 6.92 Å². The van der Waals surface area contributed by atoms with E-state index in [9.17, 15) is 9.59 Å². The molecule has 0 saturated carbocycles. The number of carbonyl (C=O) groups is 2. The SMILES string of the molecule is CCOc1ccc(NC2=C(Cl)C(=O)N(c3cc(C)c(Cl)cc3OC)C2=O)cc1. The fourth-order valence-corrected chi connectivity index (χ4v) is 3.13. The van der Waals surface area contributed by atoms with E-state index in [2.05, 4.69) is 5.32 Å². The Morgan fingerprint density at radius 2 is 1.75 bits per heavy atom. The largest absolute Gasteiger partial charge is 0.494 e. The van der Waals surface area contributed by atoms with Crippen LogP contribution in [0.2, 0.25) is 5.02 Å². The van der Waals surface area contributed by atoms with E-state index in [4.69, 9.17) is 32.7 Å². The molecule has 0 atom stereocenters. The van der Waals surface area contributed by atoms with Crippen molar-refractivity contribution in [2.24, 2.45) is 0 Å². The molecule has 1 aliphatic heterocycles. The Bertz CT molecular complexity index is 971. The summed E-state index contributed by atoms with van der Waals surface area (Å²) in [4.78, 5) is 26.6. The number of ether oxygens (including phenoxy) is 2. The quantitative estimate of drug-likeness (QED) is 0.697. The first-order valence-corrected chi connectivity index (χ1v) is 9.25. The molecule has 1 aliphatic rings. The van der Waals surface area contributed by atoms with Crippen LogP contribution in [0.4, 0.5) is 11.4 Å². The normalized spacial score (nSPS) is 14.0. The average molecular weight is 421 g/mol. The van der Waals surface area contributed by atoms with E-state index in [1.54, 1.807) is 43.3 Å². The van der Waals surface area contributed by atoms with Gasteiger partial charge in [0.2, 0.25) is 0 Å². The Morgan fingerprint density at radius 1 is 1.07 bits per heavy atom. The standard InChI is InChI=1S/C20H18Cl2N2O4/c1-4-28-13-7-5-12(6-8-13)23-18-17(22)19(25)24(20(18)26)15-9-11(2)14(21)10-16(15)27-3/h5-10,23H,4H2,1-3H3. The molecule has 0 spiro atoms. The van der Waals surface area contributed by atoms with Crippen LogP contribution in [0.25, 0.3) is 0 Å². The second kappa shape index (κ2) is 8.12. The van der Waals surface area contributed by atoms with Crippen molar-refractivity contribution in [1.82, 2.24) is 0 Å². The molecule has 0 aromatic heterocycles. The van der Waals surface area contributed by atoms with Crippen molar-refractivity contribution in [3.05, 3.63) is 57.7 Å². The molecule has 3 rings (SSSR count). The highest BCUT2D eigenvalue weighted by Gasteiger charge is 2.40. The number of carbonyl (C=O) groups excluding carboxylic acids is 2. The fourth-order valence-electron chi connectivity index (χ4n) is 2.76. The van der Waals surface area contributed by atoms with Crippen molar-refractivity contribution in [3.8, 4) is 11.5 Å². The van der Waals surface area contributed by atoms with Gasteiger partial charge in [-0.3, -0.25) is 9.59 Å². The van der Waals surface area contributed by atoms with Crippen LogP contribution < -0.4 is 19.7 Å². The van der Waals surface area contributed by atoms with Crippen molar-refractivity contribution >= 4 is 46.4 Å². The average Bonchev–Trinajstić information content (AvgIpc) is 2.89. The zero-order chi connectivity index (χ0) is 20.4. The molecule has 0 radical (unpaired) electrons. The fraction of sp³-hybridized carbons (Fsp3) is 0.200. The van der Waals surface area contributed by atoms with Crippen LogP contribution in [0.5, 0.6) is 11.5 Å². The van der Waals surface area contributed by atoms with E-state index < -0.39 is 11.8 Å². The van der Waals surface area contributed by atoms with Gasteiger partial charge in [0.05, 0.1) is 19.4 Å². The molecule has 0 bridgehead atoms. The lowest BCUT2D eigenvalue weighted by Gasteiger charge is -2.19. The van der Waals surface area contributed by atoms with Crippen molar-refractivity contribution in [2.45, 2.75) is 13.8 Å². The first kappa shape index (κ1) is 20.0. The molecule has 2 amide bonds. The van der Waals surface area contributed by atoms with Crippen LogP contribution in [0.3, 0.4) is 0 Å². The van der Waals surface area contributed by atoms with Gasteiger partial charge in [0.15, 0.2) is 0 Å². The van der Waals surface area contributed by atoms with Crippen LogP contribution in [0.15, 0.2) is 47.1 Å². The summed E-state index contributed by atoms with van der Waals surface area (Å²) in [6.45, 7) is 4.21. The summed E-state index contributed by atoms with van der Waals surface area (Å²) in [5.74, 6) is -0.224. The van der Waals surface area contributed by atoms with E-state index in [0.29, 0.717) is 34.4 Å². The van der Waals surface area contributed by atoms with Gasteiger partial charge in [-0.2, -0.15) is 0 Å². The van der Waals surface area contributed by atoms with E-state index in [1.165, 1.54) is 7.11 Å². The third-order valence-electron chi connectivity index (χ3n) is 4.16. The molecule has 2 aromatic rings. The second-order valence-corrected chi connectivity index (χ2v) is 6.78. The minimum Gasteiger partial charge on any atom is -0.494 e. The maximum atomic E-state index is 13.0. The Balaban J connectivity index is 1.91. The lowest BCUT2D eigenvalue weighted by molar-refractivity contribution is -0.120. The Labute approximate surface area is 172 Å². The summed E-state index contributed by atoms with van der Waals surface area (Å²) in [6.07, 6.45) is 0. The number of hydrogen-bond donors (Lipinski definition) is 1. The summed E-state index contributed by atoms with van der Waals surface area (Å²) in [7, 11) is 1.43. The van der Waals surface area contributed by atoms with Gasteiger partial charge in [-0.15, -0.1) is 0 Å². The number of aryl methyl sites for hydroxylation is 1. The molecule has 0 saturated heterocycles. The number of hydrogen-bond acceptors (Lipinski definition) is 5. The van der Waals surface area contributed by atoms with E-state index in [-0.39, 0.29) is 16.4 Å². The van der Waals surface area contributed by atoms with E-state index in [0.717, 1.165) is 4.90 Å². The maximum Gasteiger partial charge on any atom is 0.283 e. The zero-order valence-electron chi connectivity index (χ0n) is 15.5. The number of amides is 2. The maximum absolute atomic E-state index is 13.0. The predicted octanol–water partition coefficient (Wildman–Crippen LogP) is 4.49. The third-order valence-corrected chi connectivity index (χ3v) is 4.92. The number of benzene rings is 2. The van der Waals surface area contributed by atoms with Gasteiger partial charge in [0, 0.05) is 16.8 Å². The summed E-state index contributed by atoms with van der Waals surface area (Å²) in [5.41, 5.74) is 1.56. The van der Waals surface area contributed by atoms with Crippen molar-refractivity contribution < 1.29 is 19.1 Å². The summed E-state index contributed by atoms with van der Waals surface area (Å²) in [6, 6.07) is 10.1. The lowest BCUT2D eigenvalue weighted by Crippen LogP contribution is -2.32. The molecule has 28 heavy (non-hydrogen) atoms. The highest BCUT2D eigenvalue weighted by Crippen LogP contribution is 2.38. The van der Waals surface area contributed by atoms with Gasteiger partial charge in [-0.25, -0.2) is 4.90 Å². The number of imide groups is 1. The number of halogens is 2. The Kier molecular flexibility index (Phi) is 5.82. The molecule has 8 heteroatoms. The van der Waals surface area contributed by atoms with Gasteiger partial charge in [0.1, 0.15) is 22.2 Å². The molecule has 1 N–H and O–H groups in total. The first-order chi connectivity index (χ1) is 13.4. The topological polar surface area (TPSA) is 67.9 Å². The zero-order valence-corrected chi connectivity index (χ0v) is 17.0. The molecule has 1 heterocycles. The van der Waals surface area contributed by atoms with Gasteiger partial charge >= 0.3 is 0 Å². The second-order valence-electron chi connectivity index (χ2n) is 5.99. The van der Waals surface area contributed by atoms with Crippen LogP contribution in [-0.4, -0.2) is 25.5 Å². The molecule has 0 aliphatic carbocycles. The number of nitrogens with one attached hydrogen (secondary N) is 1. The molecule has 0 fully saturated rings. The monoisotopic (exact) mass is 420 g/mol. The molecular formula is C20H18Cl2N2O4. The smallest absolute Gasteiger partial charge is 0.283 e. The van der Waals surface area contributed by atoms with Crippen LogP contribution in [-0.2, 0) is 9.59 Å². The van der Waals surface area contributed by atoms with Crippen molar-refractivity contribution in [2.75, 3.05) is 23.9 Å². The summed E-state index contributed by atoms with van der Waals surface area (Å²) in [5, 5.41) is 3.18. The first-order valence-electron chi connectivity index (χ1n) is 8.50. The minimum absolute atomic E-state index is 0.00881. The van der Waals surface area contributed by atoms with E-state index >= 15 is 0 Å². The molecule has 0 unspecified atom stereocenters. The molecule has 146 valence electrons. The van der Waals surface area contributed by atoms with Gasteiger partial charge in [-0.1, -0.05) is 23.2 Å². The van der Waals surface area contributed by atoms with Gasteiger partial charge in [0.25, 0.3) is 11.8 Å². The highest BCUT2D eigenvalue weighted by molar-refractivity contribution is 6.53. The Morgan fingerprint density at radius 3 is 2.36 bits per heavy atom. The highest BCUT2D eigenvalue weighted by atomic mass is 35.5. The van der Waals surface area contributed by atoms with Crippen molar-refractivity contribution in [3.63, 3.8) is 0 Å². The lowest BCUT2D eigenvalue weighted by atomic mass is 10.2. The molecular weight excluding hydrogens is 403 g/mol. The predicted molar refractivity (Wildman–Crippen MR) is 109 cm³/mol. The Hall–Kier alpha value is -2.70. The van der Waals surface area contributed by atoms with Crippen LogP contribution in [0, 0.1) is 6.92 Å². The number of anilines is 2. The number of nitrogens with zero attached hydrogens (tertiary/aromatic N) is 1. The number of methoxy groups -OCH3 is 1. The van der Waals surface area contributed by atoms with Crippen LogP contribution in [0.1, 0.15) is 12.5 Å². The van der Waals surface area contributed by atoms with Crippen LogP contribution >= 0.6 is 23.2 Å². The molecule has 6 nitrogen and oxygen atoms in total. The third kappa shape index (κ3) is 3.66.